The van der Waals surface area contributed by atoms with Crippen molar-refractivity contribution in [3.63, 3.8) is 0 Å². The standard InChI is InChI=1S/C20H23N3O3/c1-15-13-21-23-17(15)11-20(12-18(23)24)7-9-22(10-8-20)19(25)26-14-16-5-3-2-4-6-16/h2-6,13H,7-12,14H2,1H3. The quantitative estimate of drug-likeness (QED) is 0.832. The number of nitrogens with zero attached hydrogens (tertiary/aromatic N) is 3. The minimum absolute atomic E-state index is 0.0475. The highest BCUT2D eigenvalue weighted by Gasteiger charge is 2.43. The van der Waals surface area contributed by atoms with Crippen molar-refractivity contribution in [2.24, 2.45) is 5.41 Å². The van der Waals surface area contributed by atoms with Crippen LogP contribution in [0.1, 0.15) is 40.9 Å². The molecule has 0 aliphatic carbocycles. The molecule has 1 amide bonds. The van der Waals surface area contributed by atoms with Crippen molar-refractivity contribution in [2.45, 2.75) is 39.2 Å². The van der Waals surface area contributed by atoms with Crippen molar-refractivity contribution >= 4 is 12.0 Å². The number of hydrogen-bond acceptors (Lipinski definition) is 4. The van der Waals surface area contributed by atoms with Crippen LogP contribution in [-0.2, 0) is 17.8 Å². The van der Waals surface area contributed by atoms with E-state index in [-0.39, 0.29) is 24.0 Å². The maximum absolute atomic E-state index is 12.4. The van der Waals surface area contributed by atoms with E-state index in [1.54, 1.807) is 15.8 Å². The Bertz CT molecular complexity index is 820. The summed E-state index contributed by atoms with van der Waals surface area (Å²) in [4.78, 5) is 26.5. The molecule has 4 rings (SSSR count). The van der Waals surface area contributed by atoms with Gasteiger partial charge in [0.05, 0.1) is 11.9 Å². The Kier molecular flexibility index (Phi) is 4.26. The van der Waals surface area contributed by atoms with E-state index in [1.807, 2.05) is 37.3 Å². The van der Waals surface area contributed by atoms with Gasteiger partial charge in [0.2, 0.25) is 5.91 Å². The van der Waals surface area contributed by atoms with Crippen molar-refractivity contribution in [2.75, 3.05) is 13.1 Å². The first-order chi connectivity index (χ1) is 12.6. The third-order valence-corrected chi connectivity index (χ3v) is 5.67. The Labute approximate surface area is 152 Å². The molecule has 136 valence electrons. The molecular formula is C20H23N3O3. The van der Waals surface area contributed by atoms with Gasteiger partial charge in [0, 0.05) is 19.5 Å². The minimum atomic E-state index is -0.271. The number of aryl methyl sites for hydroxylation is 1. The highest BCUT2D eigenvalue weighted by atomic mass is 16.6. The van der Waals surface area contributed by atoms with Crippen LogP contribution in [0.5, 0.6) is 0 Å². The Balaban J connectivity index is 1.36. The number of hydrogen-bond donors (Lipinski definition) is 0. The van der Waals surface area contributed by atoms with Gasteiger partial charge >= 0.3 is 6.09 Å². The average Bonchev–Trinajstić information content (AvgIpc) is 3.02. The molecule has 1 aromatic carbocycles. The second kappa shape index (κ2) is 6.59. The van der Waals surface area contributed by atoms with E-state index < -0.39 is 0 Å². The van der Waals surface area contributed by atoms with Crippen LogP contribution in [0.3, 0.4) is 0 Å². The lowest BCUT2D eigenvalue weighted by molar-refractivity contribution is 0.0450. The van der Waals surface area contributed by atoms with Gasteiger partial charge in [-0.3, -0.25) is 4.79 Å². The molecule has 1 spiro atoms. The number of fused-ring (bicyclic) bond motifs is 1. The van der Waals surface area contributed by atoms with Gasteiger partial charge in [-0.1, -0.05) is 30.3 Å². The third kappa shape index (κ3) is 3.11. The molecule has 2 aromatic rings. The fourth-order valence-corrected chi connectivity index (χ4v) is 4.03. The number of ether oxygens (including phenoxy) is 1. The number of piperidine rings is 1. The largest absolute Gasteiger partial charge is 0.445 e. The summed E-state index contributed by atoms with van der Waals surface area (Å²) in [5.41, 5.74) is 3.04. The molecule has 1 aromatic heterocycles. The number of rotatable bonds is 2. The van der Waals surface area contributed by atoms with E-state index in [1.165, 1.54) is 0 Å². The zero-order chi connectivity index (χ0) is 18.1. The summed E-state index contributed by atoms with van der Waals surface area (Å²) >= 11 is 0. The first kappa shape index (κ1) is 16.8. The van der Waals surface area contributed by atoms with Crippen LogP contribution >= 0.6 is 0 Å². The SMILES string of the molecule is Cc1cnn2c1CC1(CCN(C(=O)OCc3ccccc3)CC1)CC2=O. The van der Waals surface area contributed by atoms with Gasteiger partial charge in [-0.05, 0) is 42.7 Å². The van der Waals surface area contributed by atoms with Crippen LogP contribution in [0.25, 0.3) is 0 Å². The van der Waals surface area contributed by atoms with E-state index in [9.17, 15) is 9.59 Å². The number of amides is 1. The molecule has 2 aliphatic heterocycles. The first-order valence-corrected chi connectivity index (χ1v) is 9.09. The van der Waals surface area contributed by atoms with Crippen molar-refractivity contribution in [1.82, 2.24) is 14.7 Å². The maximum atomic E-state index is 12.4. The first-order valence-electron chi connectivity index (χ1n) is 9.09. The molecule has 1 saturated heterocycles. The predicted octanol–water partition coefficient (Wildman–Crippen LogP) is 3.20. The van der Waals surface area contributed by atoms with Crippen molar-refractivity contribution in [3.05, 3.63) is 53.3 Å². The molecule has 26 heavy (non-hydrogen) atoms. The molecule has 0 N–H and O–H groups in total. The van der Waals surface area contributed by atoms with Gasteiger partial charge in [-0.2, -0.15) is 5.10 Å². The molecule has 6 heteroatoms. The van der Waals surface area contributed by atoms with Crippen molar-refractivity contribution < 1.29 is 14.3 Å². The summed E-state index contributed by atoms with van der Waals surface area (Å²) in [5, 5.41) is 4.19. The lowest BCUT2D eigenvalue weighted by Gasteiger charge is -2.43. The van der Waals surface area contributed by atoms with Gasteiger partial charge < -0.3 is 9.64 Å². The molecule has 6 nitrogen and oxygen atoms in total. The van der Waals surface area contributed by atoms with Gasteiger partial charge in [-0.25, -0.2) is 9.48 Å². The summed E-state index contributed by atoms with van der Waals surface area (Å²) in [6.07, 6.45) is 4.51. The minimum Gasteiger partial charge on any atom is -0.445 e. The number of aromatic nitrogens is 2. The molecule has 0 atom stereocenters. The zero-order valence-corrected chi connectivity index (χ0v) is 15.0. The normalized spacial score (nSPS) is 18.7. The lowest BCUT2D eigenvalue weighted by atomic mass is 9.70. The summed E-state index contributed by atoms with van der Waals surface area (Å²) in [6, 6.07) is 9.69. The van der Waals surface area contributed by atoms with Crippen LogP contribution in [0, 0.1) is 12.3 Å². The highest BCUT2D eigenvalue weighted by molar-refractivity contribution is 5.81. The van der Waals surface area contributed by atoms with E-state index in [2.05, 4.69) is 5.10 Å². The second-order valence-corrected chi connectivity index (χ2v) is 7.46. The fourth-order valence-electron chi connectivity index (χ4n) is 4.03. The second-order valence-electron chi connectivity index (χ2n) is 7.46. The zero-order valence-electron chi connectivity index (χ0n) is 15.0. The monoisotopic (exact) mass is 353 g/mol. The van der Waals surface area contributed by atoms with Crippen LogP contribution in [0.4, 0.5) is 4.79 Å². The summed E-state index contributed by atoms with van der Waals surface area (Å²) in [5.74, 6) is 0.0689. The molecule has 3 heterocycles. The molecule has 0 unspecified atom stereocenters. The number of benzene rings is 1. The smallest absolute Gasteiger partial charge is 0.410 e. The van der Waals surface area contributed by atoms with Crippen LogP contribution in [0.2, 0.25) is 0 Å². The lowest BCUT2D eigenvalue weighted by Crippen LogP contribution is -2.47. The molecular weight excluding hydrogens is 330 g/mol. The molecule has 1 fully saturated rings. The van der Waals surface area contributed by atoms with Gasteiger partial charge in [0.1, 0.15) is 6.61 Å². The number of carbonyl (C=O) groups is 2. The molecule has 2 aliphatic rings. The van der Waals surface area contributed by atoms with Gasteiger partial charge in [0.15, 0.2) is 0 Å². The summed E-state index contributed by atoms with van der Waals surface area (Å²) in [7, 11) is 0. The van der Waals surface area contributed by atoms with Crippen molar-refractivity contribution in [3.8, 4) is 0 Å². The summed E-state index contributed by atoms with van der Waals surface area (Å²) in [6.45, 7) is 3.56. The van der Waals surface area contributed by atoms with E-state index >= 15 is 0 Å². The van der Waals surface area contributed by atoms with E-state index in [0.29, 0.717) is 19.5 Å². The topological polar surface area (TPSA) is 64.4 Å². The average molecular weight is 353 g/mol. The molecule has 0 saturated carbocycles. The predicted molar refractivity (Wildman–Crippen MR) is 95.8 cm³/mol. The number of carbonyl (C=O) groups excluding carboxylic acids is 2. The Morgan fingerprint density at radius 2 is 1.92 bits per heavy atom. The third-order valence-electron chi connectivity index (χ3n) is 5.67. The van der Waals surface area contributed by atoms with Crippen molar-refractivity contribution in [1.29, 1.82) is 0 Å². The highest BCUT2D eigenvalue weighted by Crippen LogP contribution is 2.42. The van der Waals surface area contributed by atoms with Crippen LogP contribution < -0.4 is 0 Å². The fraction of sp³-hybridized carbons (Fsp3) is 0.450. The summed E-state index contributed by atoms with van der Waals surface area (Å²) < 4.78 is 6.99. The van der Waals surface area contributed by atoms with Gasteiger partial charge in [-0.15, -0.1) is 0 Å². The Hall–Kier alpha value is -2.63. The van der Waals surface area contributed by atoms with Crippen LogP contribution in [-0.4, -0.2) is 39.8 Å². The van der Waals surface area contributed by atoms with E-state index in [0.717, 1.165) is 36.1 Å². The van der Waals surface area contributed by atoms with Gasteiger partial charge in [0.25, 0.3) is 0 Å². The Morgan fingerprint density at radius 3 is 2.65 bits per heavy atom. The van der Waals surface area contributed by atoms with E-state index in [4.69, 9.17) is 4.74 Å². The number of likely N-dealkylation sites (tertiary alicyclic amines) is 1. The maximum Gasteiger partial charge on any atom is 0.410 e. The molecule has 0 radical (unpaired) electrons. The Morgan fingerprint density at radius 1 is 1.19 bits per heavy atom. The van der Waals surface area contributed by atoms with Crippen LogP contribution in [0.15, 0.2) is 36.5 Å². The molecule has 0 bridgehead atoms.